The van der Waals surface area contributed by atoms with Crippen molar-refractivity contribution in [2.24, 2.45) is 10.7 Å². The molecule has 0 bridgehead atoms. The molecule has 0 spiro atoms. The van der Waals surface area contributed by atoms with Crippen molar-refractivity contribution in [3.05, 3.63) is 18.2 Å². The van der Waals surface area contributed by atoms with Crippen molar-refractivity contribution in [2.45, 2.75) is 0 Å². The molecule has 0 amide bonds. The molecular formula is C14H23N5O2. The quantitative estimate of drug-likeness (QED) is 0.516. The SMILES string of the molecule is CN(C)CCNC(=NCCN)Nc1ccc2c(c1)OCO2. The maximum Gasteiger partial charge on any atom is 0.231 e. The summed E-state index contributed by atoms with van der Waals surface area (Å²) in [6, 6.07) is 5.71. The minimum atomic E-state index is 0.272. The van der Waals surface area contributed by atoms with Gasteiger partial charge in [-0.1, -0.05) is 0 Å². The molecule has 4 N–H and O–H groups in total. The van der Waals surface area contributed by atoms with Crippen LogP contribution < -0.4 is 25.8 Å². The van der Waals surface area contributed by atoms with Gasteiger partial charge in [0.15, 0.2) is 17.5 Å². The minimum Gasteiger partial charge on any atom is -0.454 e. The van der Waals surface area contributed by atoms with E-state index in [9.17, 15) is 0 Å². The fourth-order valence-electron chi connectivity index (χ4n) is 1.82. The number of nitrogens with zero attached hydrogens (tertiary/aromatic N) is 2. The summed E-state index contributed by atoms with van der Waals surface area (Å²) in [5.74, 6) is 2.22. The molecule has 0 saturated heterocycles. The molecule has 0 unspecified atom stereocenters. The number of guanidine groups is 1. The molecule has 116 valence electrons. The molecule has 7 nitrogen and oxygen atoms in total. The summed E-state index contributed by atoms with van der Waals surface area (Å²) < 4.78 is 10.7. The summed E-state index contributed by atoms with van der Waals surface area (Å²) in [5, 5.41) is 6.52. The number of nitrogens with one attached hydrogen (secondary N) is 2. The summed E-state index contributed by atoms with van der Waals surface area (Å²) in [7, 11) is 4.06. The first-order valence-corrected chi connectivity index (χ1v) is 6.99. The van der Waals surface area contributed by atoms with Crippen LogP contribution in [-0.4, -0.2) is 57.9 Å². The number of benzene rings is 1. The Bertz CT molecular complexity index is 490. The topological polar surface area (TPSA) is 84.1 Å². The minimum absolute atomic E-state index is 0.272. The number of hydrogen-bond donors (Lipinski definition) is 3. The van der Waals surface area contributed by atoms with Crippen LogP contribution in [0.1, 0.15) is 0 Å². The third kappa shape index (κ3) is 4.80. The van der Waals surface area contributed by atoms with Gasteiger partial charge in [-0.2, -0.15) is 0 Å². The van der Waals surface area contributed by atoms with Gasteiger partial charge in [0.05, 0.1) is 6.54 Å². The average molecular weight is 293 g/mol. The van der Waals surface area contributed by atoms with Crippen molar-refractivity contribution in [1.29, 1.82) is 0 Å². The van der Waals surface area contributed by atoms with Crippen LogP contribution in [0.15, 0.2) is 23.2 Å². The first kappa shape index (κ1) is 15.4. The molecule has 0 saturated carbocycles. The predicted molar refractivity (Wildman–Crippen MR) is 84.1 cm³/mol. The third-order valence-electron chi connectivity index (χ3n) is 2.89. The van der Waals surface area contributed by atoms with Crippen molar-refractivity contribution in [3.8, 4) is 11.5 Å². The molecule has 1 aromatic rings. The Kier molecular flexibility index (Phi) is 5.65. The van der Waals surface area contributed by atoms with Crippen LogP contribution in [-0.2, 0) is 0 Å². The Morgan fingerprint density at radius 2 is 2.14 bits per heavy atom. The van der Waals surface area contributed by atoms with E-state index in [-0.39, 0.29) is 6.79 Å². The number of anilines is 1. The van der Waals surface area contributed by atoms with Crippen molar-refractivity contribution in [1.82, 2.24) is 10.2 Å². The fourth-order valence-corrected chi connectivity index (χ4v) is 1.82. The van der Waals surface area contributed by atoms with E-state index in [1.807, 2.05) is 32.3 Å². The molecule has 0 radical (unpaired) electrons. The molecule has 21 heavy (non-hydrogen) atoms. The Balaban J connectivity index is 1.97. The van der Waals surface area contributed by atoms with Crippen LogP contribution >= 0.6 is 0 Å². The van der Waals surface area contributed by atoms with Crippen molar-refractivity contribution < 1.29 is 9.47 Å². The Labute approximate surface area is 125 Å². The monoisotopic (exact) mass is 293 g/mol. The number of nitrogens with two attached hydrogens (primary N) is 1. The number of ether oxygens (including phenoxy) is 2. The summed E-state index contributed by atoms with van der Waals surface area (Å²) in [6.45, 7) is 3.08. The lowest BCUT2D eigenvalue weighted by atomic mass is 10.3. The van der Waals surface area contributed by atoms with Crippen molar-refractivity contribution in [2.75, 3.05) is 52.4 Å². The molecule has 1 aliphatic rings. The van der Waals surface area contributed by atoms with Gasteiger partial charge in [0.2, 0.25) is 6.79 Å². The average Bonchev–Trinajstić information content (AvgIpc) is 2.91. The summed E-state index contributed by atoms with van der Waals surface area (Å²) in [4.78, 5) is 6.51. The zero-order chi connectivity index (χ0) is 15.1. The van der Waals surface area contributed by atoms with Crippen LogP contribution in [0.3, 0.4) is 0 Å². The van der Waals surface area contributed by atoms with E-state index in [0.29, 0.717) is 19.0 Å². The zero-order valence-corrected chi connectivity index (χ0v) is 12.6. The maximum absolute atomic E-state index is 5.51. The second kappa shape index (κ2) is 7.70. The molecule has 0 fully saturated rings. The lowest BCUT2D eigenvalue weighted by Gasteiger charge is -2.15. The number of likely N-dealkylation sites (N-methyl/N-ethyl adjacent to an activating group) is 1. The standard InChI is InChI=1S/C14H23N5O2/c1-19(2)8-7-17-14(16-6-5-15)18-11-3-4-12-13(9-11)21-10-20-12/h3-4,9H,5-8,10,15H2,1-2H3,(H2,16,17,18). The first-order chi connectivity index (χ1) is 10.2. The van der Waals surface area contributed by atoms with Gasteiger partial charge < -0.3 is 30.7 Å². The Morgan fingerprint density at radius 1 is 1.33 bits per heavy atom. The summed E-state index contributed by atoms with van der Waals surface area (Å²) in [6.07, 6.45) is 0. The highest BCUT2D eigenvalue weighted by Gasteiger charge is 2.13. The van der Waals surface area contributed by atoms with E-state index in [0.717, 1.165) is 30.3 Å². The molecule has 1 aromatic carbocycles. The van der Waals surface area contributed by atoms with Gasteiger partial charge in [-0.05, 0) is 26.2 Å². The number of hydrogen-bond acceptors (Lipinski definition) is 5. The molecule has 1 heterocycles. The highest BCUT2D eigenvalue weighted by Crippen LogP contribution is 2.34. The van der Waals surface area contributed by atoms with Gasteiger partial charge in [0.1, 0.15) is 0 Å². The third-order valence-corrected chi connectivity index (χ3v) is 2.89. The Hall–Kier alpha value is -1.99. The molecule has 0 aromatic heterocycles. The Morgan fingerprint density at radius 3 is 2.90 bits per heavy atom. The van der Waals surface area contributed by atoms with Gasteiger partial charge in [-0.15, -0.1) is 0 Å². The van der Waals surface area contributed by atoms with E-state index in [1.165, 1.54) is 0 Å². The molecule has 0 aliphatic carbocycles. The van der Waals surface area contributed by atoms with Crippen molar-refractivity contribution >= 4 is 11.6 Å². The molecule has 1 aliphatic heterocycles. The summed E-state index contributed by atoms with van der Waals surface area (Å²) >= 11 is 0. The van der Waals surface area contributed by atoms with Crippen LogP contribution in [0.5, 0.6) is 11.5 Å². The molecule has 7 heteroatoms. The van der Waals surface area contributed by atoms with E-state index < -0.39 is 0 Å². The zero-order valence-electron chi connectivity index (χ0n) is 12.6. The largest absolute Gasteiger partial charge is 0.454 e. The molecule has 2 rings (SSSR count). The van der Waals surface area contributed by atoms with E-state index in [4.69, 9.17) is 15.2 Å². The molecule has 0 atom stereocenters. The molecular weight excluding hydrogens is 270 g/mol. The smallest absolute Gasteiger partial charge is 0.231 e. The number of rotatable bonds is 6. The normalized spacial score (nSPS) is 13.6. The van der Waals surface area contributed by atoms with Gasteiger partial charge >= 0.3 is 0 Å². The second-order valence-electron chi connectivity index (χ2n) is 4.94. The summed E-state index contributed by atoms with van der Waals surface area (Å²) in [5.41, 5.74) is 6.41. The van der Waals surface area contributed by atoms with E-state index in [2.05, 4.69) is 20.5 Å². The fraction of sp³-hybridized carbons (Fsp3) is 0.500. The van der Waals surface area contributed by atoms with Gasteiger partial charge in [-0.25, -0.2) is 0 Å². The van der Waals surface area contributed by atoms with Crippen LogP contribution in [0, 0.1) is 0 Å². The van der Waals surface area contributed by atoms with Crippen LogP contribution in [0.25, 0.3) is 0 Å². The van der Waals surface area contributed by atoms with E-state index in [1.54, 1.807) is 0 Å². The number of fused-ring (bicyclic) bond motifs is 1. The highest BCUT2D eigenvalue weighted by molar-refractivity contribution is 5.94. The lowest BCUT2D eigenvalue weighted by molar-refractivity contribution is 0.174. The van der Waals surface area contributed by atoms with E-state index >= 15 is 0 Å². The lowest BCUT2D eigenvalue weighted by Crippen LogP contribution is -2.36. The predicted octanol–water partition coefficient (Wildman–Crippen LogP) is 0.293. The first-order valence-electron chi connectivity index (χ1n) is 6.99. The van der Waals surface area contributed by atoms with Gasteiger partial charge in [0.25, 0.3) is 0 Å². The highest BCUT2D eigenvalue weighted by atomic mass is 16.7. The van der Waals surface area contributed by atoms with Crippen molar-refractivity contribution in [3.63, 3.8) is 0 Å². The number of aliphatic imine (C=N–C) groups is 1. The van der Waals surface area contributed by atoms with Crippen LogP contribution in [0.4, 0.5) is 5.69 Å². The van der Waals surface area contributed by atoms with Crippen LogP contribution in [0.2, 0.25) is 0 Å². The van der Waals surface area contributed by atoms with Gasteiger partial charge in [-0.3, -0.25) is 4.99 Å². The van der Waals surface area contributed by atoms with Gasteiger partial charge in [0, 0.05) is 31.4 Å². The second-order valence-corrected chi connectivity index (χ2v) is 4.94. The maximum atomic E-state index is 5.51.